The van der Waals surface area contributed by atoms with Gasteiger partial charge in [0.1, 0.15) is 0 Å². The summed E-state index contributed by atoms with van der Waals surface area (Å²) >= 11 is 0. The van der Waals surface area contributed by atoms with Gasteiger partial charge in [-0.25, -0.2) is 0 Å². The van der Waals surface area contributed by atoms with Crippen LogP contribution in [0.3, 0.4) is 0 Å². The van der Waals surface area contributed by atoms with Gasteiger partial charge in [0.15, 0.2) is 0 Å². The van der Waals surface area contributed by atoms with Crippen LogP contribution in [0.4, 0.5) is 0 Å². The van der Waals surface area contributed by atoms with E-state index in [9.17, 15) is 0 Å². The Labute approximate surface area is 92.5 Å². The minimum atomic E-state index is 0. The number of hydrogen-bond acceptors (Lipinski definition) is 3. The summed E-state index contributed by atoms with van der Waals surface area (Å²) in [5, 5.41) is 9.92. The average Bonchev–Trinajstić information content (AvgIpc) is 2.68. The molecule has 2 saturated heterocycles. The molecule has 0 bridgehead atoms. The maximum absolute atomic E-state index is 3.35. The number of rotatable bonds is 0. The molecule has 14 heavy (non-hydrogen) atoms. The molecular formula is C11H31N3. The Balaban J connectivity index is -0.000000196. The molecule has 3 nitrogen and oxygen atoms in total. The molecule has 2 aliphatic rings. The molecule has 3 heteroatoms. The van der Waals surface area contributed by atoms with Gasteiger partial charge in [0.25, 0.3) is 0 Å². The Bertz CT molecular complexity index is 75.2. The van der Waals surface area contributed by atoms with E-state index < -0.39 is 0 Å². The highest BCUT2D eigenvalue weighted by Crippen LogP contribution is 2.00. The molecule has 2 heterocycles. The van der Waals surface area contributed by atoms with Crippen LogP contribution in [0, 0.1) is 0 Å². The summed E-state index contributed by atoms with van der Waals surface area (Å²) in [4.78, 5) is 0. The summed E-state index contributed by atoms with van der Waals surface area (Å²) in [5.41, 5.74) is 0. The molecule has 0 atom stereocenters. The molecule has 0 amide bonds. The van der Waals surface area contributed by atoms with Gasteiger partial charge in [-0.1, -0.05) is 12.8 Å². The fourth-order valence-corrected chi connectivity index (χ4v) is 1.74. The first-order chi connectivity index (χ1) is 7.00. The van der Waals surface area contributed by atoms with Crippen LogP contribution in [-0.2, 0) is 0 Å². The molecule has 2 fully saturated rings. The second-order valence-corrected chi connectivity index (χ2v) is 4.02. The van der Waals surface area contributed by atoms with Crippen molar-refractivity contribution in [3.8, 4) is 0 Å². The average molecular weight is 205 g/mol. The maximum Gasteiger partial charge on any atom is 0.00767 e. The maximum atomic E-state index is 3.35. The quantitative estimate of drug-likeness (QED) is 0.560. The van der Waals surface area contributed by atoms with Crippen molar-refractivity contribution >= 4 is 0 Å². The van der Waals surface area contributed by atoms with Gasteiger partial charge in [0.05, 0.1) is 0 Å². The Morgan fingerprint density at radius 2 is 0.857 bits per heavy atom. The Hall–Kier alpha value is -0.120. The highest BCUT2D eigenvalue weighted by molar-refractivity contribution is 4.58. The van der Waals surface area contributed by atoms with Crippen LogP contribution in [0.2, 0.25) is 0 Å². The second-order valence-electron chi connectivity index (χ2n) is 4.02. The van der Waals surface area contributed by atoms with Crippen LogP contribution in [-0.4, -0.2) is 39.3 Å². The first-order valence-electron chi connectivity index (χ1n) is 6.12. The minimum Gasteiger partial charge on any atom is -0.317 e. The third-order valence-corrected chi connectivity index (χ3v) is 2.64. The van der Waals surface area contributed by atoms with Crippen LogP contribution in [0.1, 0.15) is 36.4 Å². The van der Waals surface area contributed by atoms with Crippen LogP contribution >= 0.6 is 0 Å². The van der Waals surface area contributed by atoms with E-state index in [0.29, 0.717) is 0 Å². The van der Waals surface area contributed by atoms with E-state index in [-0.39, 0.29) is 4.28 Å². The number of hydrogen-bond donors (Lipinski definition) is 3. The van der Waals surface area contributed by atoms with E-state index in [1.165, 1.54) is 58.3 Å². The predicted molar refractivity (Wildman–Crippen MR) is 68.0 cm³/mol. The van der Waals surface area contributed by atoms with Gasteiger partial charge in [-0.15, -0.1) is 0 Å². The lowest BCUT2D eigenvalue weighted by Crippen LogP contribution is -2.21. The highest BCUT2D eigenvalue weighted by atomic mass is 15.0. The summed E-state index contributed by atoms with van der Waals surface area (Å²) in [7, 11) is 0. The van der Waals surface area contributed by atoms with Gasteiger partial charge >= 0.3 is 0 Å². The smallest absolute Gasteiger partial charge is 0.00767 e. The Kier molecular flexibility index (Phi) is 8.06. The van der Waals surface area contributed by atoms with Gasteiger partial charge in [-0.2, -0.15) is 0 Å². The van der Waals surface area contributed by atoms with Gasteiger partial charge in [0.2, 0.25) is 0 Å². The monoisotopic (exact) mass is 205 g/mol. The summed E-state index contributed by atoms with van der Waals surface area (Å²) in [6.45, 7) is 7.15. The zero-order valence-corrected chi connectivity index (χ0v) is 9.28. The van der Waals surface area contributed by atoms with Gasteiger partial charge in [0, 0.05) is 17.4 Å². The van der Waals surface area contributed by atoms with E-state index >= 15 is 0 Å². The molecule has 90 valence electrons. The third-order valence-electron chi connectivity index (χ3n) is 2.64. The molecule has 0 spiro atoms. The first-order valence-corrected chi connectivity index (χ1v) is 6.12. The van der Waals surface area contributed by atoms with E-state index in [1.54, 1.807) is 0 Å². The van der Waals surface area contributed by atoms with Crippen molar-refractivity contribution in [2.24, 2.45) is 0 Å². The summed E-state index contributed by atoms with van der Waals surface area (Å²) in [5.74, 6) is 0. The fourth-order valence-electron chi connectivity index (χ4n) is 1.74. The predicted octanol–water partition coefficient (Wildman–Crippen LogP) is 1.46. The lowest BCUT2D eigenvalue weighted by Gasteiger charge is -1.92. The fraction of sp³-hybridized carbons (Fsp3) is 1.00. The van der Waals surface area contributed by atoms with E-state index in [2.05, 4.69) is 16.0 Å². The summed E-state index contributed by atoms with van der Waals surface area (Å²) in [6.07, 6.45) is 6.93. The molecule has 3 N–H and O–H groups in total. The molecule has 0 aromatic carbocycles. The van der Waals surface area contributed by atoms with Gasteiger partial charge in [-0.3, -0.25) is 0 Å². The Morgan fingerprint density at radius 3 is 1.43 bits per heavy atom. The molecule has 2 aliphatic heterocycles. The van der Waals surface area contributed by atoms with E-state index in [1.807, 2.05) is 0 Å². The molecule has 0 unspecified atom stereocenters. The van der Waals surface area contributed by atoms with Crippen LogP contribution in [0.15, 0.2) is 0 Å². The Morgan fingerprint density at radius 1 is 0.429 bits per heavy atom. The van der Waals surface area contributed by atoms with Crippen molar-refractivity contribution in [1.82, 2.24) is 16.0 Å². The SMILES string of the molecule is C1CCCNCC1.C1CNCCNC1.[HH].[HH].[HH]. The van der Waals surface area contributed by atoms with Crippen molar-refractivity contribution in [3.63, 3.8) is 0 Å². The normalized spacial score (nSPS) is 24.0. The lowest BCUT2D eigenvalue weighted by atomic mass is 10.2. The summed E-state index contributed by atoms with van der Waals surface area (Å²) < 4.78 is 0. The van der Waals surface area contributed by atoms with Crippen molar-refractivity contribution in [3.05, 3.63) is 0 Å². The van der Waals surface area contributed by atoms with Gasteiger partial charge < -0.3 is 16.0 Å². The van der Waals surface area contributed by atoms with Crippen LogP contribution in [0.25, 0.3) is 0 Å². The van der Waals surface area contributed by atoms with Crippen molar-refractivity contribution in [1.29, 1.82) is 0 Å². The zero-order valence-electron chi connectivity index (χ0n) is 9.28. The topological polar surface area (TPSA) is 36.1 Å². The van der Waals surface area contributed by atoms with E-state index in [0.717, 1.165) is 13.1 Å². The van der Waals surface area contributed by atoms with Crippen LogP contribution in [0.5, 0.6) is 0 Å². The highest BCUT2D eigenvalue weighted by Gasteiger charge is 1.94. The molecule has 0 aliphatic carbocycles. The standard InChI is InChI=1S/C6H13N.C5H12N2.3H2/c1-2-4-6-7-5-3-1;1-2-6-4-5-7-3-1;;;/h7H,1-6H2;6-7H,1-5H2;3*1H. The zero-order chi connectivity index (χ0) is 9.90. The molecule has 0 aromatic rings. The minimum absolute atomic E-state index is 0. The molecular weight excluding hydrogens is 174 g/mol. The van der Waals surface area contributed by atoms with Crippen molar-refractivity contribution < 1.29 is 4.28 Å². The van der Waals surface area contributed by atoms with E-state index in [4.69, 9.17) is 0 Å². The molecule has 0 aromatic heterocycles. The van der Waals surface area contributed by atoms with Crippen molar-refractivity contribution in [2.75, 3.05) is 39.3 Å². The molecule has 0 saturated carbocycles. The molecule has 0 radical (unpaired) electrons. The first kappa shape index (κ1) is 12.0. The largest absolute Gasteiger partial charge is 0.317 e. The number of nitrogens with one attached hydrogen (secondary N) is 3. The lowest BCUT2D eigenvalue weighted by molar-refractivity contribution is 0.702. The second kappa shape index (κ2) is 9.44. The van der Waals surface area contributed by atoms with Crippen molar-refractivity contribution in [2.45, 2.75) is 32.1 Å². The summed E-state index contributed by atoms with van der Waals surface area (Å²) in [6, 6.07) is 0. The van der Waals surface area contributed by atoms with Crippen LogP contribution < -0.4 is 16.0 Å². The third kappa shape index (κ3) is 7.30. The van der Waals surface area contributed by atoms with Gasteiger partial charge in [-0.05, 0) is 45.4 Å². The molecule has 2 rings (SSSR count).